The molecule has 9 heteroatoms. The van der Waals surface area contributed by atoms with Crippen LogP contribution in [0.4, 0.5) is 5.69 Å². The van der Waals surface area contributed by atoms with Gasteiger partial charge in [-0.1, -0.05) is 30.3 Å². The lowest BCUT2D eigenvalue weighted by Gasteiger charge is -2.11. The number of fused-ring (bicyclic) bond motifs is 1. The molecule has 2 aromatic carbocycles. The van der Waals surface area contributed by atoms with E-state index in [9.17, 15) is 14.4 Å². The van der Waals surface area contributed by atoms with E-state index in [-0.39, 0.29) is 36.2 Å². The van der Waals surface area contributed by atoms with Gasteiger partial charge in [-0.15, -0.1) is 0 Å². The van der Waals surface area contributed by atoms with Crippen molar-refractivity contribution >= 4 is 28.3 Å². The highest BCUT2D eigenvalue weighted by molar-refractivity contribution is 6.04. The second kappa shape index (κ2) is 9.25. The Kier molecular flexibility index (Phi) is 6.07. The Balaban J connectivity index is 1.47. The molecule has 162 valence electrons. The zero-order valence-electron chi connectivity index (χ0n) is 17.5. The van der Waals surface area contributed by atoms with Crippen molar-refractivity contribution in [2.75, 3.05) is 5.32 Å². The van der Waals surface area contributed by atoms with Crippen LogP contribution in [0.1, 0.15) is 23.0 Å². The molecular weight excluding hydrogens is 408 g/mol. The zero-order chi connectivity index (χ0) is 22.5. The number of rotatable bonds is 7. The fourth-order valence-electron chi connectivity index (χ4n) is 3.38. The zero-order valence-corrected chi connectivity index (χ0v) is 17.5. The molecule has 2 heterocycles. The molecule has 0 aliphatic rings. The highest BCUT2D eigenvalue weighted by Crippen LogP contribution is 2.14. The molecule has 0 saturated carbocycles. The smallest absolute Gasteiger partial charge is 0.274 e. The van der Waals surface area contributed by atoms with Crippen molar-refractivity contribution in [3.63, 3.8) is 0 Å². The number of hydrogen-bond donors (Lipinski definition) is 2. The molecule has 2 amide bonds. The first-order chi connectivity index (χ1) is 15.5. The molecule has 2 aromatic heterocycles. The molecule has 0 aliphatic carbocycles. The fraction of sp³-hybridized carbons (Fsp3) is 0.174. The van der Waals surface area contributed by atoms with Crippen LogP contribution in [0.25, 0.3) is 10.8 Å². The van der Waals surface area contributed by atoms with Gasteiger partial charge in [0.15, 0.2) is 5.69 Å². The number of aryl methyl sites for hydroxylation is 1. The maximum Gasteiger partial charge on any atom is 0.274 e. The fourth-order valence-corrected chi connectivity index (χ4v) is 3.38. The van der Waals surface area contributed by atoms with Gasteiger partial charge in [-0.2, -0.15) is 10.2 Å². The van der Waals surface area contributed by atoms with Crippen LogP contribution in [-0.4, -0.2) is 31.4 Å². The van der Waals surface area contributed by atoms with Crippen molar-refractivity contribution in [2.24, 2.45) is 0 Å². The van der Waals surface area contributed by atoms with Gasteiger partial charge in [0.1, 0.15) is 6.54 Å². The Morgan fingerprint density at radius 1 is 1.03 bits per heavy atom. The summed E-state index contributed by atoms with van der Waals surface area (Å²) in [7, 11) is 0. The molecule has 2 N–H and O–H groups in total. The van der Waals surface area contributed by atoms with Gasteiger partial charge in [0.25, 0.3) is 11.5 Å². The molecule has 0 bridgehead atoms. The number of amides is 2. The van der Waals surface area contributed by atoms with Crippen LogP contribution in [0.15, 0.2) is 71.8 Å². The quantitative estimate of drug-likeness (QED) is 0.467. The van der Waals surface area contributed by atoms with Gasteiger partial charge >= 0.3 is 0 Å². The SMILES string of the molecule is CCn1nc(C(=O)NCc2cccc(NC(=O)Cn3cccn3)c2)c2ccccc2c1=O. The monoisotopic (exact) mass is 430 g/mol. The van der Waals surface area contributed by atoms with Crippen LogP contribution >= 0.6 is 0 Å². The lowest BCUT2D eigenvalue weighted by atomic mass is 10.1. The number of aromatic nitrogens is 4. The summed E-state index contributed by atoms with van der Waals surface area (Å²) in [5, 5.41) is 14.9. The number of hydrogen-bond acceptors (Lipinski definition) is 5. The van der Waals surface area contributed by atoms with Gasteiger partial charge in [-0.25, -0.2) is 4.68 Å². The standard InChI is InChI=1S/C23H22N6O3/c1-2-29-23(32)19-10-4-3-9-18(19)21(27-29)22(31)24-14-16-7-5-8-17(13-16)26-20(30)15-28-12-6-11-25-28/h3-13H,2,14-15H2,1H3,(H,24,31)(H,26,30). The predicted molar refractivity (Wildman–Crippen MR) is 120 cm³/mol. The summed E-state index contributed by atoms with van der Waals surface area (Å²) in [5.41, 5.74) is 1.41. The first-order valence-electron chi connectivity index (χ1n) is 10.2. The van der Waals surface area contributed by atoms with E-state index in [1.807, 2.05) is 6.07 Å². The van der Waals surface area contributed by atoms with Gasteiger partial charge in [0.2, 0.25) is 5.91 Å². The molecule has 32 heavy (non-hydrogen) atoms. The van der Waals surface area contributed by atoms with Crippen LogP contribution in [0.5, 0.6) is 0 Å². The summed E-state index contributed by atoms with van der Waals surface area (Å²) in [5.74, 6) is -0.580. The largest absolute Gasteiger partial charge is 0.347 e. The normalized spacial score (nSPS) is 10.8. The summed E-state index contributed by atoms with van der Waals surface area (Å²) in [6.07, 6.45) is 3.33. The molecule has 4 rings (SSSR count). The molecule has 0 atom stereocenters. The van der Waals surface area contributed by atoms with Crippen molar-refractivity contribution in [3.8, 4) is 0 Å². The van der Waals surface area contributed by atoms with Gasteiger partial charge < -0.3 is 10.6 Å². The van der Waals surface area contributed by atoms with Crippen molar-refractivity contribution in [1.29, 1.82) is 0 Å². The van der Waals surface area contributed by atoms with Crippen LogP contribution in [-0.2, 0) is 24.4 Å². The lowest BCUT2D eigenvalue weighted by Crippen LogP contribution is -2.30. The Morgan fingerprint density at radius 3 is 2.59 bits per heavy atom. The molecule has 0 spiro atoms. The average Bonchev–Trinajstić information content (AvgIpc) is 3.31. The van der Waals surface area contributed by atoms with E-state index >= 15 is 0 Å². The average molecular weight is 430 g/mol. The minimum atomic E-state index is -0.378. The number of carbonyl (C=O) groups excluding carboxylic acids is 2. The Labute approximate surface area is 183 Å². The minimum absolute atomic E-state index is 0.111. The highest BCUT2D eigenvalue weighted by atomic mass is 16.2. The third-order valence-electron chi connectivity index (χ3n) is 4.91. The van der Waals surface area contributed by atoms with Crippen molar-refractivity contribution in [3.05, 3.63) is 88.6 Å². The van der Waals surface area contributed by atoms with Crippen LogP contribution in [0.3, 0.4) is 0 Å². The molecule has 0 fully saturated rings. The Hall–Kier alpha value is -4.27. The third kappa shape index (κ3) is 4.56. The number of anilines is 1. The van der Waals surface area contributed by atoms with Gasteiger partial charge in [-0.3, -0.25) is 19.1 Å². The van der Waals surface area contributed by atoms with E-state index in [1.54, 1.807) is 67.8 Å². The van der Waals surface area contributed by atoms with Gasteiger partial charge in [0.05, 0.1) is 5.39 Å². The molecule has 0 aliphatic heterocycles. The van der Waals surface area contributed by atoms with E-state index < -0.39 is 0 Å². The summed E-state index contributed by atoms with van der Waals surface area (Å²) in [4.78, 5) is 37.5. The maximum atomic E-state index is 12.9. The van der Waals surface area contributed by atoms with E-state index in [2.05, 4.69) is 20.8 Å². The minimum Gasteiger partial charge on any atom is -0.347 e. The number of benzene rings is 2. The number of nitrogens with zero attached hydrogens (tertiary/aromatic N) is 4. The molecule has 0 unspecified atom stereocenters. The Bertz CT molecular complexity index is 1330. The molecule has 0 saturated heterocycles. The van der Waals surface area contributed by atoms with E-state index in [0.29, 0.717) is 23.0 Å². The summed E-state index contributed by atoms with van der Waals surface area (Å²) >= 11 is 0. The van der Waals surface area contributed by atoms with Crippen LogP contribution in [0.2, 0.25) is 0 Å². The summed E-state index contributed by atoms with van der Waals surface area (Å²) < 4.78 is 2.82. The van der Waals surface area contributed by atoms with E-state index in [1.165, 1.54) is 9.36 Å². The first-order valence-corrected chi connectivity index (χ1v) is 10.2. The van der Waals surface area contributed by atoms with Crippen molar-refractivity contribution in [1.82, 2.24) is 24.9 Å². The molecular formula is C23H22N6O3. The summed E-state index contributed by atoms with van der Waals surface area (Å²) in [6, 6.07) is 15.9. The van der Waals surface area contributed by atoms with Crippen molar-refractivity contribution < 1.29 is 9.59 Å². The second-order valence-electron chi connectivity index (χ2n) is 7.15. The van der Waals surface area contributed by atoms with Gasteiger partial charge in [0, 0.05) is 36.6 Å². The topological polar surface area (TPSA) is 111 Å². The molecule has 9 nitrogen and oxygen atoms in total. The third-order valence-corrected chi connectivity index (χ3v) is 4.91. The molecule has 0 radical (unpaired) electrons. The maximum absolute atomic E-state index is 12.9. The lowest BCUT2D eigenvalue weighted by molar-refractivity contribution is -0.116. The Morgan fingerprint density at radius 2 is 1.84 bits per heavy atom. The van der Waals surface area contributed by atoms with E-state index in [4.69, 9.17) is 0 Å². The first kappa shape index (κ1) is 21.0. The second-order valence-corrected chi connectivity index (χ2v) is 7.15. The van der Waals surface area contributed by atoms with Crippen molar-refractivity contribution in [2.45, 2.75) is 26.6 Å². The highest BCUT2D eigenvalue weighted by Gasteiger charge is 2.16. The predicted octanol–water partition coefficient (Wildman–Crippen LogP) is 2.18. The molecule has 4 aromatic rings. The van der Waals surface area contributed by atoms with E-state index in [0.717, 1.165) is 5.56 Å². The number of nitrogens with one attached hydrogen (secondary N) is 2. The number of carbonyl (C=O) groups is 2. The van der Waals surface area contributed by atoms with Crippen LogP contribution < -0.4 is 16.2 Å². The van der Waals surface area contributed by atoms with Crippen LogP contribution in [0, 0.1) is 0 Å². The van der Waals surface area contributed by atoms with Gasteiger partial charge in [-0.05, 0) is 36.8 Å². The summed E-state index contributed by atoms with van der Waals surface area (Å²) in [6.45, 7) is 2.52.